The smallest absolute Gasteiger partial charge is 0.222 e. The van der Waals surface area contributed by atoms with Crippen LogP contribution in [0.15, 0.2) is 12.3 Å². The molecule has 2 rings (SSSR count). The van der Waals surface area contributed by atoms with Crippen molar-refractivity contribution in [1.29, 1.82) is 0 Å². The maximum Gasteiger partial charge on any atom is 0.222 e. The van der Waals surface area contributed by atoms with Crippen molar-refractivity contribution < 1.29 is 4.79 Å². The predicted octanol–water partition coefficient (Wildman–Crippen LogP) is 0.284. The van der Waals surface area contributed by atoms with Gasteiger partial charge in [-0.05, 0) is 25.0 Å². The summed E-state index contributed by atoms with van der Waals surface area (Å²) >= 11 is 0. The fourth-order valence-corrected chi connectivity index (χ4v) is 2.03. The number of anilines is 2. The van der Waals surface area contributed by atoms with Gasteiger partial charge in [0, 0.05) is 19.3 Å². The highest BCUT2D eigenvalue weighted by Crippen LogP contribution is 2.26. The third-order valence-corrected chi connectivity index (χ3v) is 2.92. The normalized spacial score (nSPS) is 20.1. The molecule has 4 N–H and O–H groups in total. The summed E-state index contributed by atoms with van der Waals surface area (Å²) in [5.74, 6) is 0.435. The van der Waals surface area contributed by atoms with Gasteiger partial charge in [0.15, 0.2) is 5.82 Å². The molecular weight excluding hydrogens is 204 g/mol. The van der Waals surface area contributed by atoms with Crippen LogP contribution in [0.4, 0.5) is 11.5 Å². The summed E-state index contributed by atoms with van der Waals surface area (Å²) < 4.78 is 0. The van der Waals surface area contributed by atoms with E-state index in [2.05, 4.69) is 4.98 Å². The van der Waals surface area contributed by atoms with Crippen LogP contribution in [0.25, 0.3) is 0 Å². The molecule has 2 heterocycles. The molecule has 0 bridgehead atoms. The molecule has 1 unspecified atom stereocenters. The van der Waals surface area contributed by atoms with E-state index in [0.29, 0.717) is 12.2 Å². The molecule has 0 spiro atoms. The Morgan fingerprint density at radius 1 is 1.62 bits per heavy atom. The highest BCUT2D eigenvalue weighted by Gasteiger charge is 2.28. The monoisotopic (exact) mass is 220 g/mol. The van der Waals surface area contributed by atoms with E-state index in [0.717, 1.165) is 24.3 Å². The van der Waals surface area contributed by atoms with Gasteiger partial charge in [0.05, 0.1) is 11.6 Å². The standard InChI is InChI=1S/C11H16N4O/c1-7-4-9(12)11(14-5-7)15-3-2-8(6-15)10(13)16/h4-5,8H,2-3,6,12H2,1H3,(H2,13,16). The number of pyridine rings is 1. The first kappa shape index (κ1) is 10.7. The van der Waals surface area contributed by atoms with E-state index < -0.39 is 0 Å². The van der Waals surface area contributed by atoms with Crippen molar-refractivity contribution in [2.75, 3.05) is 23.7 Å². The van der Waals surface area contributed by atoms with Crippen LogP contribution in [0.1, 0.15) is 12.0 Å². The number of carbonyl (C=O) groups excluding carboxylic acids is 1. The minimum Gasteiger partial charge on any atom is -0.396 e. The number of carbonyl (C=O) groups is 1. The molecular formula is C11H16N4O. The molecule has 1 saturated heterocycles. The Bertz CT molecular complexity index is 418. The van der Waals surface area contributed by atoms with Crippen LogP contribution in [-0.2, 0) is 4.79 Å². The first-order valence-corrected chi connectivity index (χ1v) is 5.34. The fraction of sp³-hybridized carbons (Fsp3) is 0.455. The molecule has 0 radical (unpaired) electrons. The van der Waals surface area contributed by atoms with Crippen molar-refractivity contribution in [1.82, 2.24) is 4.98 Å². The second-order valence-electron chi connectivity index (χ2n) is 4.26. The van der Waals surface area contributed by atoms with E-state index in [-0.39, 0.29) is 11.8 Å². The number of aryl methyl sites for hydroxylation is 1. The van der Waals surface area contributed by atoms with Crippen LogP contribution < -0.4 is 16.4 Å². The zero-order valence-electron chi connectivity index (χ0n) is 9.31. The summed E-state index contributed by atoms with van der Waals surface area (Å²) in [6, 6.07) is 1.89. The molecule has 1 atom stereocenters. The van der Waals surface area contributed by atoms with Gasteiger partial charge in [-0.1, -0.05) is 0 Å². The Balaban J connectivity index is 2.17. The van der Waals surface area contributed by atoms with Crippen molar-refractivity contribution in [3.05, 3.63) is 17.8 Å². The second kappa shape index (κ2) is 4.00. The van der Waals surface area contributed by atoms with Gasteiger partial charge in [-0.25, -0.2) is 4.98 Å². The highest BCUT2D eigenvalue weighted by atomic mass is 16.1. The van der Waals surface area contributed by atoms with Gasteiger partial charge in [-0.3, -0.25) is 4.79 Å². The van der Waals surface area contributed by atoms with Gasteiger partial charge in [-0.2, -0.15) is 0 Å². The molecule has 1 aromatic rings. The Kier molecular flexibility index (Phi) is 2.68. The van der Waals surface area contributed by atoms with Gasteiger partial charge in [0.1, 0.15) is 0 Å². The van der Waals surface area contributed by atoms with Crippen LogP contribution in [0.5, 0.6) is 0 Å². The number of amides is 1. The van der Waals surface area contributed by atoms with Crippen molar-refractivity contribution in [2.24, 2.45) is 11.7 Å². The molecule has 5 nitrogen and oxygen atoms in total. The number of nitrogens with two attached hydrogens (primary N) is 2. The lowest BCUT2D eigenvalue weighted by molar-refractivity contribution is -0.121. The maximum atomic E-state index is 11.1. The molecule has 0 aliphatic carbocycles. The molecule has 0 aromatic carbocycles. The number of hydrogen-bond donors (Lipinski definition) is 2. The second-order valence-corrected chi connectivity index (χ2v) is 4.26. The first-order valence-electron chi connectivity index (χ1n) is 5.34. The van der Waals surface area contributed by atoms with Crippen LogP contribution in [0, 0.1) is 12.8 Å². The zero-order valence-corrected chi connectivity index (χ0v) is 9.31. The minimum absolute atomic E-state index is 0.0810. The van der Waals surface area contributed by atoms with Crippen molar-refractivity contribution in [2.45, 2.75) is 13.3 Å². The third kappa shape index (κ3) is 1.93. The van der Waals surface area contributed by atoms with Crippen molar-refractivity contribution in [3.63, 3.8) is 0 Å². The van der Waals surface area contributed by atoms with E-state index in [1.54, 1.807) is 6.20 Å². The quantitative estimate of drug-likeness (QED) is 0.749. The van der Waals surface area contributed by atoms with E-state index in [1.165, 1.54) is 0 Å². The average Bonchev–Trinajstić information content (AvgIpc) is 2.66. The summed E-state index contributed by atoms with van der Waals surface area (Å²) in [4.78, 5) is 17.4. The summed E-state index contributed by atoms with van der Waals surface area (Å²) in [7, 11) is 0. The van der Waals surface area contributed by atoms with Gasteiger partial charge < -0.3 is 16.4 Å². The van der Waals surface area contributed by atoms with Crippen LogP contribution >= 0.6 is 0 Å². The van der Waals surface area contributed by atoms with Crippen LogP contribution in [-0.4, -0.2) is 24.0 Å². The van der Waals surface area contributed by atoms with Gasteiger partial charge >= 0.3 is 0 Å². The van der Waals surface area contributed by atoms with Gasteiger partial charge in [-0.15, -0.1) is 0 Å². The third-order valence-electron chi connectivity index (χ3n) is 2.92. The Morgan fingerprint density at radius 3 is 2.94 bits per heavy atom. The summed E-state index contributed by atoms with van der Waals surface area (Å²) in [5, 5.41) is 0. The average molecular weight is 220 g/mol. The number of aromatic nitrogens is 1. The highest BCUT2D eigenvalue weighted by molar-refractivity contribution is 5.78. The summed E-state index contributed by atoms with van der Waals surface area (Å²) in [6.07, 6.45) is 2.56. The van der Waals surface area contributed by atoms with E-state index in [9.17, 15) is 4.79 Å². The van der Waals surface area contributed by atoms with E-state index in [1.807, 2.05) is 17.9 Å². The minimum atomic E-state index is -0.242. The van der Waals surface area contributed by atoms with Crippen molar-refractivity contribution in [3.8, 4) is 0 Å². The molecule has 1 aliphatic heterocycles. The zero-order chi connectivity index (χ0) is 11.7. The lowest BCUT2D eigenvalue weighted by atomic mass is 10.1. The Hall–Kier alpha value is -1.78. The molecule has 0 saturated carbocycles. The van der Waals surface area contributed by atoms with Gasteiger partial charge in [0.25, 0.3) is 0 Å². The number of primary amides is 1. The fourth-order valence-electron chi connectivity index (χ4n) is 2.03. The Morgan fingerprint density at radius 2 is 2.38 bits per heavy atom. The van der Waals surface area contributed by atoms with E-state index in [4.69, 9.17) is 11.5 Å². The SMILES string of the molecule is Cc1cnc(N2CCC(C(N)=O)C2)c(N)c1. The summed E-state index contributed by atoms with van der Waals surface area (Å²) in [5.41, 5.74) is 12.9. The predicted molar refractivity (Wildman–Crippen MR) is 62.9 cm³/mol. The molecule has 16 heavy (non-hydrogen) atoms. The Labute approximate surface area is 94.4 Å². The molecule has 86 valence electrons. The number of hydrogen-bond acceptors (Lipinski definition) is 4. The first-order chi connectivity index (χ1) is 7.58. The molecule has 1 aromatic heterocycles. The molecule has 5 heteroatoms. The maximum absolute atomic E-state index is 11.1. The van der Waals surface area contributed by atoms with Gasteiger partial charge in [0.2, 0.25) is 5.91 Å². The topological polar surface area (TPSA) is 85.2 Å². The number of nitrogens with zero attached hydrogens (tertiary/aromatic N) is 2. The molecule has 1 amide bonds. The molecule has 1 fully saturated rings. The van der Waals surface area contributed by atoms with E-state index >= 15 is 0 Å². The van der Waals surface area contributed by atoms with Crippen LogP contribution in [0.2, 0.25) is 0 Å². The summed E-state index contributed by atoms with van der Waals surface area (Å²) in [6.45, 7) is 3.35. The molecule has 1 aliphatic rings. The number of nitrogen functional groups attached to an aromatic ring is 1. The largest absolute Gasteiger partial charge is 0.396 e. The number of rotatable bonds is 2. The van der Waals surface area contributed by atoms with Crippen molar-refractivity contribution >= 4 is 17.4 Å². The van der Waals surface area contributed by atoms with Crippen LogP contribution in [0.3, 0.4) is 0 Å². The lowest BCUT2D eigenvalue weighted by Gasteiger charge is -2.18. The lowest BCUT2D eigenvalue weighted by Crippen LogP contribution is -2.28.